The lowest BCUT2D eigenvalue weighted by atomic mass is 9.97. The van der Waals surface area contributed by atoms with Gasteiger partial charge in [-0.05, 0) is 44.0 Å². The Labute approximate surface area is 172 Å². The minimum atomic E-state index is -0.0801. The molecule has 2 amide bonds. The van der Waals surface area contributed by atoms with E-state index in [1.807, 2.05) is 64.9 Å². The summed E-state index contributed by atoms with van der Waals surface area (Å²) in [5.74, 6) is 2.11. The molecule has 0 aliphatic carbocycles. The van der Waals surface area contributed by atoms with Crippen LogP contribution in [-0.2, 0) is 0 Å². The van der Waals surface area contributed by atoms with Crippen LogP contribution in [0.2, 0.25) is 0 Å². The monoisotopic (exact) mass is 403 g/mol. The van der Waals surface area contributed by atoms with Crippen molar-refractivity contribution in [2.24, 2.45) is 0 Å². The molecular formula is C21H21N7O2. The van der Waals surface area contributed by atoms with E-state index in [0.29, 0.717) is 24.8 Å². The number of aryl methyl sites for hydroxylation is 1. The van der Waals surface area contributed by atoms with E-state index in [9.17, 15) is 4.79 Å². The fraction of sp³-hybridized carbons (Fsp3) is 0.286. The summed E-state index contributed by atoms with van der Waals surface area (Å²) >= 11 is 0. The number of hydrogen-bond donors (Lipinski definition) is 1. The maximum atomic E-state index is 12.5. The Bertz CT molecular complexity index is 1180. The number of nitrogens with one attached hydrogen (secondary N) is 1. The van der Waals surface area contributed by atoms with Gasteiger partial charge in [-0.2, -0.15) is 4.98 Å². The Kier molecular flexibility index (Phi) is 4.62. The van der Waals surface area contributed by atoms with Gasteiger partial charge in [-0.1, -0.05) is 23.4 Å². The van der Waals surface area contributed by atoms with Gasteiger partial charge in [0, 0.05) is 36.5 Å². The molecule has 0 unspecified atom stereocenters. The van der Waals surface area contributed by atoms with Crippen molar-refractivity contribution in [3.63, 3.8) is 0 Å². The molecule has 9 heteroatoms. The molecule has 5 rings (SSSR count). The van der Waals surface area contributed by atoms with Crippen LogP contribution in [0.5, 0.6) is 0 Å². The number of amides is 2. The van der Waals surface area contributed by atoms with Crippen LogP contribution < -0.4 is 5.32 Å². The van der Waals surface area contributed by atoms with Gasteiger partial charge < -0.3 is 14.7 Å². The van der Waals surface area contributed by atoms with E-state index in [1.165, 1.54) is 0 Å². The molecule has 4 heterocycles. The Hall–Kier alpha value is -3.75. The molecule has 9 nitrogen and oxygen atoms in total. The zero-order valence-electron chi connectivity index (χ0n) is 16.5. The Morgan fingerprint density at radius 1 is 1.10 bits per heavy atom. The molecule has 1 aliphatic heterocycles. The highest BCUT2D eigenvalue weighted by Crippen LogP contribution is 2.29. The largest absolute Gasteiger partial charge is 0.339 e. The predicted octanol–water partition coefficient (Wildman–Crippen LogP) is 3.50. The Morgan fingerprint density at radius 2 is 1.90 bits per heavy atom. The van der Waals surface area contributed by atoms with Gasteiger partial charge in [0.2, 0.25) is 11.7 Å². The number of rotatable bonds is 3. The molecule has 0 radical (unpaired) electrons. The number of aromatic nitrogens is 5. The quantitative estimate of drug-likeness (QED) is 0.562. The molecule has 3 aromatic heterocycles. The van der Waals surface area contributed by atoms with Crippen molar-refractivity contribution in [2.45, 2.75) is 25.7 Å². The topological polar surface area (TPSA) is 101 Å². The number of piperidine rings is 1. The fourth-order valence-electron chi connectivity index (χ4n) is 3.71. The van der Waals surface area contributed by atoms with Crippen molar-refractivity contribution in [1.29, 1.82) is 0 Å². The zero-order chi connectivity index (χ0) is 20.5. The molecule has 0 atom stereocenters. The van der Waals surface area contributed by atoms with Gasteiger partial charge in [0.15, 0.2) is 5.65 Å². The number of benzene rings is 1. The first-order chi connectivity index (χ1) is 14.7. The van der Waals surface area contributed by atoms with E-state index < -0.39 is 0 Å². The summed E-state index contributed by atoms with van der Waals surface area (Å²) in [5, 5.41) is 15.2. The standard InChI is InChI=1S/C21H21N7O2/c1-14-24-25-18-8-7-16(13-28(14)18)19-23-20(30-26-19)15-9-11-27(12-10-15)21(29)22-17-5-3-2-4-6-17/h2-8,13,15H,9-12H2,1H3,(H,22,29). The molecule has 0 bridgehead atoms. The van der Waals surface area contributed by atoms with Crippen molar-refractivity contribution >= 4 is 17.4 Å². The number of anilines is 1. The van der Waals surface area contributed by atoms with Gasteiger partial charge >= 0.3 is 6.03 Å². The van der Waals surface area contributed by atoms with Gasteiger partial charge in [0.05, 0.1) is 0 Å². The van der Waals surface area contributed by atoms with E-state index in [0.717, 1.165) is 35.6 Å². The molecule has 152 valence electrons. The first kappa shape index (κ1) is 18.3. The summed E-state index contributed by atoms with van der Waals surface area (Å²) in [6.45, 7) is 3.19. The van der Waals surface area contributed by atoms with Crippen molar-refractivity contribution in [1.82, 2.24) is 29.6 Å². The highest BCUT2D eigenvalue weighted by Gasteiger charge is 2.27. The highest BCUT2D eigenvalue weighted by atomic mass is 16.5. The number of nitrogens with zero attached hydrogens (tertiary/aromatic N) is 6. The van der Waals surface area contributed by atoms with E-state index in [1.54, 1.807) is 0 Å². The minimum Gasteiger partial charge on any atom is -0.339 e. The molecular weight excluding hydrogens is 382 g/mol. The lowest BCUT2D eigenvalue weighted by Crippen LogP contribution is -2.40. The molecule has 1 fully saturated rings. The molecule has 4 aromatic rings. The molecule has 30 heavy (non-hydrogen) atoms. The number of fused-ring (bicyclic) bond motifs is 1. The molecule has 1 saturated heterocycles. The summed E-state index contributed by atoms with van der Waals surface area (Å²) in [5.41, 5.74) is 2.42. The second kappa shape index (κ2) is 7.58. The fourth-order valence-corrected chi connectivity index (χ4v) is 3.71. The van der Waals surface area contributed by atoms with E-state index in [2.05, 4.69) is 25.7 Å². The summed E-state index contributed by atoms with van der Waals surface area (Å²) in [6.07, 6.45) is 3.48. The van der Waals surface area contributed by atoms with Crippen LogP contribution in [0.1, 0.15) is 30.5 Å². The molecule has 1 aromatic carbocycles. The first-order valence-corrected chi connectivity index (χ1v) is 9.94. The summed E-state index contributed by atoms with van der Waals surface area (Å²) in [7, 11) is 0. The molecule has 0 saturated carbocycles. The van der Waals surface area contributed by atoms with Crippen molar-refractivity contribution < 1.29 is 9.32 Å². The Morgan fingerprint density at radius 3 is 2.70 bits per heavy atom. The van der Waals surface area contributed by atoms with Gasteiger partial charge in [-0.25, -0.2) is 4.79 Å². The lowest BCUT2D eigenvalue weighted by molar-refractivity contribution is 0.187. The van der Waals surface area contributed by atoms with Crippen LogP contribution in [0.15, 0.2) is 53.2 Å². The molecule has 0 spiro atoms. The number of para-hydroxylation sites is 1. The van der Waals surface area contributed by atoms with Gasteiger partial charge in [-0.3, -0.25) is 4.40 Å². The second-order valence-corrected chi connectivity index (χ2v) is 7.41. The minimum absolute atomic E-state index is 0.0801. The van der Waals surface area contributed by atoms with Gasteiger partial charge in [-0.15, -0.1) is 10.2 Å². The predicted molar refractivity (Wildman–Crippen MR) is 110 cm³/mol. The third-order valence-electron chi connectivity index (χ3n) is 5.43. The maximum absolute atomic E-state index is 12.5. The number of carbonyl (C=O) groups excluding carboxylic acids is 1. The second-order valence-electron chi connectivity index (χ2n) is 7.41. The van der Waals surface area contributed by atoms with Gasteiger partial charge in [0.25, 0.3) is 0 Å². The number of pyridine rings is 1. The average Bonchev–Trinajstić information content (AvgIpc) is 3.42. The van der Waals surface area contributed by atoms with Crippen LogP contribution in [0, 0.1) is 6.92 Å². The highest BCUT2D eigenvalue weighted by molar-refractivity contribution is 5.89. The van der Waals surface area contributed by atoms with E-state index in [4.69, 9.17) is 4.52 Å². The first-order valence-electron chi connectivity index (χ1n) is 9.94. The molecule has 1 N–H and O–H groups in total. The number of hydrogen-bond acceptors (Lipinski definition) is 6. The third-order valence-corrected chi connectivity index (χ3v) is 5.43. The normalized spacial score (nSPS) is 14.9. The Balaban J connectivity index is 1.24. The zero-order valence-corrected chi connectivity index (χ0v) is 16.5. The van der Waals surface area contributed by atoms with Crippen LogP contribution in [0.4, 0.5) is 10.5 Å². The lowest BCUT2D eigenvalue weighted by Gasteiger charge is -2.30. The van der Waals surface area contributed by atoms with Crippen LogP contribution in [-0.4, -0.2) is 48.8 Å². The number of likely N-dealkylation sites (tertiary alicyclic amines) is 1. The third kappa shape index (κ3) is 3.49. The molecule has 1 aliphatic rings. The van der Waals surface area contributed by atoms with E-state index in [-0.39, 0.29) is 11.9 Å². The van der Waals surface area contributed by atoms with Crippen LogP contribution >= 0.6 is 0 Å². The van der Waals surface area contributed by atoms with Crippen LogP contribution in [0.25, 0.3) is 17.0 Å². The van der Waals surface area contributed by atoms with Crippen molar-refractivity contribution in [2.75, 3.05) is 18.4 Å². The number of carbonyl (C=O) groups is 1. The van der Waals surface area contributed by atoms with Crippen molar-refractivity contribution in [3.8, 4) is 11.4 Å². The summed E-state index contributed by atoms with van der Waals surface area (Å²) in [6, 6.07) is 13.2. The maximum Gasteiger partial charge on any atom is 0.321 e. The SMILES string of the molecule is Cc1nnc2ccc(-c3noc(C4CCN(C(=O)Nc5ccccc5)CC4)n3)cn12. The van der Waals surface area contributed by atoms with E-state index >= 15 is 0 Å². The number of urea groups is 1. The summed E-state index contributed by atoms with van der Waals surface area (Å²) < 4.78 is 7.45. The summed E-state index contributed by atoms with van der Waals surface area (Å²) in [4.78, 5) is 18.9. The van der Waals surface area contributed by atoms with Gasteiger partial charge in [0.1, 0.15) is 5.82 Å². The smallest absolute Gasteiger partial charge is 0.321 e. The van der Waals surface area contributed by atoms with Crippen molar-refractivity contribution in [3.05, 3.63) is 60.4 Å². The van der Waals surface area contributed by atoms with Crippen LogP contribution in [0.3, 0.4) is 0 Å². The average molecular weight is 403 g/mol.